The number of hydrogen-bond donors (Lipinski definition) is 2. The number of hydrogen-bond acceptors (Lipinski definition) is 3. The van der Waals surface area contributed by atoms with Crippen molar-refractivity contribution in [3.8, 4) is 11.5 Å². The molecule has 88 valence electrons. The number of carbonyl (C=O) groups is 1. The summed E-state index contributed by atoms with van der Waals surface area (Å²) in [6, 6.07) is 5.20. The zero-order valence-corrected chi connectivity index (χ0v) is 10.6. The highest BCUT2D eigenvalue weighted by Crippen LogP contribution is 2.26. The first kappa shape index (κ1) is 12.8. The van der Waals surface area contributed by atoms with Gasteiger partial charge in [0, 0.05) is 6.54 Å². The van der Waals surface area contributed by atoms with E-state index in [9.17, 15) is 9.90 Å². The Balaban J connectivity index is 2.49. The maximum atomic E-state index is 10.9. The van der Waals surface area contributed by atoms with Gasteiger partial charge in [0.15, 0.2) is 11.5 Å². The highest BCUT2D eigenvalue weighted by Gasteiger charge is 2.03. The first-order valence-corrected chi connectivity index (χ1v) is 5.98. The Morgan fingerprint density at radius 2 is 2.31 bits per heavy atom. The molecule has 0 fully saturated rings. The van der Waals surface area contributed by atoms with Crippen LogP contribution in [0.1, 0.15) is 5.56 Å². The number of halogens is 1. The SMILES string of the molecule is COc1ccc(CCNC(=O)CBr)cc1O. The van der Waals surface area contributed by atoms with Crippen LogP contribution in [0.15, 0.2) is 18.2 Å². The third kappa shape index (κ3) is 3.73. The van der Waals surface area contributed by atoms with Gasteiger partial charge in [-0.05, 0) is 24.1 Å². The zero-order valence-electron chi connectivity index (χ0n) is 9.00. The number of carbonyl (C=O) groups excluding carboxylic acids is 1. The van der Waals surface area contributed by atoms with Crippen molar-refractivity contribution in [3.63, 3.8) is 0 Å². The van der Waals surface area contributed by atoms with Gasteiger partial charge in [-0.25, -0.2) is 0 Å². The highest BCUT2D eigenvalue weighted by atomic mass is 79.9. The molecule has 0 saturated heterocycles. The molecule has 1 amide bonds. The monoisotopic (exact) mass is 287 g/mol. The lowest BCUT2D eigenvalue weighted by Crippen LogP contribution is -2.26. The van der Waals surface area contributed by atoms with Crippen molar-refractivity contribution in [2.24, 2.45) is 0 Å². The van der Waals surface area contributed by atoms with E-state index in [-0.39, 0.29) is 11.7 Å². The smallest absolute Gasteiger partial charge is 0.230 e. The van der Waals surface area contributed by atoms with Crippen LogP contribution in [0.4, 0.5) is 0 Å². The number of ether oxygens (including phenoxy) is 1. The van der Waals surface area contributed by atoms with Crippen molar-refractivity contribution in [2.75, 3.05) is 19.0 Å². The molecule has 0 saturated carbocycles. The third-order valence-corrected chi connectivity index (χ3v) is 2.61. The number of aromatic hydroxyl groups is 1. The van der Waals surface area contributed by atoms with Gasteiger partial charge in [-0.3, -0.25) is 4.79 Å². The van der Waals surface area contributed by atoms with Crippen LogP contribution >= 0.6 is 15.9 Å². The lowest BCUT2D eigenvalue weighted by Gasteiger charge is -2.06. The predicted molar refractivity (Wildman–Crippen MR) is 65.2 cm³/mol. The molecule has 0 aliphatic rings. The molecule has 4 nitrogen and oxygen atoms in total. The summed E-state index contributed by atoms with van der Waals surface area (Å²) in [5.74, 6) is 0.526. The van der Waals surface area contributed by atoms with Crippen molar-refractivity contribution in [1.82, 2.24) is 5.32 Å². The number of benzene rings is 1. The van der Waals surface area contributed by atoms with Crippen LogP contribution in [0.2, 0.25) is 0 Å². The fourth-order valence-corrected chi connectivity index (χ4v) is 1.48. The van der Waals surface area contributed by atoms with Gasteiger partial charge in [-0.1, -0.05) is 22.0 Å². The molecular weight excluding hydrogens is 274 g/mol. The average molecular weight is 288 g/mol. The maximum absolute atomic E-state index is 10.9. The number of phenols is 1. The minimum absolute atomic E-state index is 0.0438. The van der Waals surface area contributed by atoms with Gasteiger partial charge in [-0.15, -0.1) is 0 Å². The fourth-order valence-electron chi connectivity index (χ4n) is 1.28. The molecule has 0 spiro atoms. The van der Waals surface area contributed by atoms with Gasteiger partial charge < -0.3 is 15.2 Å². The van der Waals surface area contributed by atoms with E-state index >= 15 is 0 Å². The van der Waals surface area contributed by atoms with Gasteiger partial charge >= 0.3 is 0 Å². The number of methoxy groups -OCH3 is 1. The average Bonchev–Trinajstić information content (AvgIpc) is 2.29. The topological polar surface area (TPSA) is 58.6 Å². The molecule has 0 heterocycles. The van der Waals surface area contributed by atoms with E-state index < -0.39 is 0 Å². The number of amides is 1. The zero-order chi connectivity index (χ0) is 12.0. The summed E-state index contributed by atoms with van der Waals surface area (Å²) in [5.41, 5.74) is 0.952. The molecule has 0 atom stereocenters. The minimum atomic E-state index is -0.0438. The first-order valence-electron chi connectivity index (χ1n) is 4.86. The summed E-state index contributed by atoms with van der Waals surface area (Å²) in [4.78, 5) is 10.9. The Labute approximate surface area is 103 Å². The van der Waals surface area contributed by atoms with Crippen LogP contribution in [-0.4, -0.2) is 30.0 Å². The summed E-state index contributed by atoms with van der Waals surface area (Å²) in [6.45, 7) is 0.552. The Morgan fingerprint density at radius 3 is 2.88 bits per heavy atom. The summed E-state index contributed by atoms with van der Waals surface area (Å²) in [6.07, 6.45) is 0.677. The van der Waals surface area contributed by atoms with E-state index in [0.717, 1.165) is 5.56 Å². The normalized spacial score (nSPS) is 9.88. The van der Waals surface area contributed by atoms with Gasteiger partial charge in [0.2, 0.25) is 5.91 Å². The maximum Gasteiger partial charge on any atom is 0.230 e. The first-order chi connectivity index (χ1) is 7.67. The Bertz CT molecular complexity index is 368. The largest absolute Gasteiger partial charge is 0.504 e. The molecule has 1 aromatic carbocycles. The number of rotatable bonds is 5. The van der Waals surface area contributed by atoms with Gasteiger partial charge in [0.25, 0.3) is 0 Å². The molecule has 1 aromatic rings. The van der Waals surface area contributed by atoms with Crippen molar-refractivity contribution >= 4 is 21.8 Å². The molecule has 0 bridgehead atoms. The number of phenolic OH excluding ortho intramolecular Hbond substituents is 1. The van der Waals surface area contributed by atoms with E-state index in [4.69, 9.17) is 4.74 Å². The third-order valence-electron chi connectivity index (χ3n) is 2.10. The molecule has 0 unspecified atom stereocenters. The summed E-state index contributed by atoms with van der Waals surface area (Å²) in [7, 11) is 1.50. The standard InChI is InChI=1S/C11H14BrNO3/c1-16-10-3-2-8(6-9(10)14)4-5-13-11(15)7-12/h2-3,6,14H,4-5,7H2,1H3,(H,13,15). The minimum Gasteiger partial charge on any atom is -0.504 e. The Kier molecular flexibility index (Phi) is 5.11. The highest BCUT2D eigenvalue weighted by molar-refractivity contribution is 9.09. The van der Waals surface area contributed by atoms with Crippen molar-refractivity contribution in [3.05, 3.63) is 23.8 Å². The number of alkyl halides is 1. The van der Waals surface area contributed by atoms with E-state index in [1.54, 1.807) is 12.1 Å². The van der Waals surface area contributed by atoms with Crippen LogP contribution in [0.5, 0.6) is 11.5 Å². The summed E-state index contributed by atoms with van der Waals surface area (Å²) >= 11 is 3.06. The van der Waals surface area contributed by atoms with Crippen molar-refractivity contribution in [1.29, 1.82) is 0 Å². The molecular formula is C11H14BrNO3. The van der Waals surface area contributed by atoms with Crippen LogP contribution in [0.25, 0.3) is 0 Å². The van der Waals surface area contributed by atoms with E-state index in [1.165, 1.54) is 7.11 Å². The predicted octanol–water partition coefficient (Wildman–Crippen LogP) is 1.45. The van der Waals surface area contributed by atoms with Crippen LogP contribution < -0.4 is 10.1 Å². The number of nitrogens with one attached hydrogen (secondary N) is 1. The Hall–Kier alpha value is -1.23. The quantitative estimate of drug-likeness (QED) is 0.806. The van der Waals surface area contributed by atoms with Crippen molar-refractivity contribution in [2.45, 2.75) is 6.42 Å². The van der Waals surface area contributed by atoms with Gasteiger partial charge in [0.05, 0.1) is 12.4 Å². The molecule has 0 aliphatic heterocycles. The molecule has 1 rings (SSSR count). The molecule has 0 aliphatic carbocycles. The van der Waals surface area contributed by atoms with E-state index in [1.807, 2.05) is 6.07 Å². The summed E-state index contributed by atoms with van der Waals surface area (Å²) < 4.78 is 4.93. The molecule has 16 heavy (non-hydrogen) atoms. The van der Waals surface area contributed by atoms with Crippen LogP contribution in [0, 0.1) is 0 Å². The lowest BCUT2D eigenvalue weighted by molar-refractivity contribution is -0.118. The second-order valence-electron chi connectivity index (χ2n) is 3.24. The Morgan fingerprint density at radius 1 is 1.56 bits per heavy atom. The second-order valence-corrected chi connectivity index (χ2v) is 3.80. The van der Waals surface area contributed by atoms with E-state index in [2.05, 4.69) is 21.2 Å². The van der Waals surface area contributed by atoms with Gasteiger partial charge in [0.1, 0.15) is 0 Å². The molecule has 0 aromatic heterocycles. The van der Waals surface area contributed by atoms with Crippen molar-refractivity contribution < 1.29 is 14.6 Å². The molecule has 5 heteroatoms. The summed E-state index contributed by atoms with van der Waals surface area (Å²) in [5, 5.41) is 12.6. The molecule has 0 radical (unpaired) electrons. The van der Waals surface area contributed by atoms with Crippen LogP contribution in [-0.2, 0) is 11.2 Å². The fraction of sp³-hybridized carbons (Fsp3) is 0.364. The molecule has 2 N–H and O–H groups in total. The second kappa shape index (κ2) is 6.37. The van der Waals surface area contributed by atoms with Gasteiger partial charge in [-0.2, -0.15) is 0 Å². The van der Waals surface area contributed by atoms with E-state index in [0.29, 0.717) is 24.0 Å². The lowest BCUT2D eigenvalue weighted by atomic mass is 10.1. The van der Waals surface area contributed by atoms with Crippen LogP contribution in [0.3, 0.4) is 0 Å².